The van der Waals surface area contributed by atoms with E-state index in [0.717, 1.165) is 16.5 Å². The monoisotopic (exact) mass is 673 g/mol. The van der Waals surface area contributed by atoms with Gasteiger partial charge in [-0.25, -0.2) is 0 Å². The first-order chi connectivity index (χ1) is 26.2. The maximum absolute atomic E-state index is 5.05. The van der Waals surface area contributed by atoms with Gasteiger partial charge < -0.3 is 0 Å². The fraction of sp³-hybridized carbons (Fsp3) is 0.0192. The van der Waals surface area contributed by atoms with Crippen molar-refractivity contribution in [3.05, 3.63) is 198 Å². The van der Waals surface area contributed by atoms with Crippen molar-refractivity contribution in [1.29, 1.82) is 0 Å². The molecule has 0 amide bonds. The van der Waals surface area contributed by atoms with Crippen molar-refractivity contribution in [3.8, 4) is 66.9 Å². The van der Waals surface area contributed by atoms with Crippen LogP contribution in [0.25, 0.3) is 101 Å². The molecule has 0 fully saturated rings. The molecule has 53 heavy (non-hydrogen) atoms. The zero-order valence-corrected chi connectivity index (χ0v) is 29.5. The van der Waals surface area contributed by atoms with Crippen molar-refractivity contribution in [2.75, 3.05) is 0 Å². The van der Waals surface area contributed by atoms with Crippen LogP contribution in [-0.2, 0) is 0 Å². The number of fused-ring (bicyclic) bond motifs is 11. The Kier molecular flexibility index (Phi) is 7.26. The molecule has 0 radical (unpaired) electrons. The molecule has 10 rings (SSSR count). The van der Waals surface area contributed by atoms with Crippen LogP contribution in [-0.4, -0.2) is 4.98 Å². The average Bonchev–Trinajstić information content (AvgIpc) is 3.70. The van der Waals surface area contributed by atoms with E-state index in [4.69, 9.17) is 4.98 Å². The summed E-state index contributed by atoms with van der Waals surface area (Å²) in [7, 11) is 0. The van der Waals surface area contributed by atoms with Crippen molar-refractivity contribution in [1.82, 2.24) is 4.98 Å². The number of nitrogens with zero attached hydrogens (tertiary/aromatic N) is 1. The van der Waals surface area contributed by atoms with E-state index in [9.17, 15) is 0 Å². The number of rotatable bonds is 4. The Balaban J connectivity index is 1.42. The molecular weight excluding hydrogens is 639 g/mol. The van der Waals surface area contributed by atoms with Crippen molar-refractivity contribution in [2.45, 2.75) is 6.92 Å². The molecule has 0 saturated heterocycles. The van der Waals surface area contributed by atoms with Gasteiger partial charge in [-0.05, 0) is 112 Å². The van der Waals surface area contributed by atoms with E-state index < -0.39 is 0 Å². The minimum atomic E-state index is 1.02. The molecule has 7 aromatic carbocycles. The smallest absolute Gasteiger partial charge is 0.0793 e. The molecule has 1 nitrogen and oxygen atoms in total. The van der Waals surface area contributed by atoms with Gasteiger partial charge in [0.05, 0.1) is 5.69 Å². The second-order valence-corrected chi connectivity index (χ2v) is 13.8. The van der Waals surface area contributed by atoms with Crippen LogP contribution in [0.3, 0.4) is 0 Å². The van der Waals surface area contributed by atoms with E-state index >= 15 is 0 Å². The molecule has 0 saturated carbocycles. The van der Waals surface area contributed by atoms with Crippen LogP contribution in [0, 0.1) is 0 Å². The molecule has 0 aliphatic heterocycles. The van der Waals surface area contributed by atoms with Crippen molar-refractivity contribution in [2.24, 2.45) is 0 Å². The number of aromatic nitrogens is 1. The number of hydrogen-bond acceptors (Lipinski definition) is 1. The fourth-order valence-electron chi connectivity index (χ4n) is 8.77. The molecule has 0 N–H and O–H groups in total. The average molecular weight is 674 g/mol. The van der Waals surface area contributed by atoms with Crippen LogP contribution in [0.1, 0.15) is 12.5 Å². The number of pyridine rings is 1. The molecule has 1 heteroatoms. The second kappa shape index (κ2) is 12.4. The van der Waals surface area contributed by atoms with Gasteiger partial charge >= 0.3 is 0 Å². The molecular formula is C52H35N. The molecule has 0 spiro atoms. The third kappa shape index (κ3) is 4.75. The van der Waals surface area contributed by atoms with Gasteiger partial charge in [-0.3, -0.25) is 4.98 Å². The minimum absolute atomic E-state index is 1.02. The van der Waals surface area contributed by atoms with E-state index in [0.29, 0.717) is 0 Å². The lowest BCUT2D eigenvalue weighted by Crippen LogP contribution is -2.24. The summed E-state index contributed by atoms with van der Waals surface area (Å²) < 4.78 is 0. The van der Waals surface area contributed by atoms with Gasteiger partial charge in [0.2, 0.25) is 0 Å². The van der Waals surface area contributed by atoms with Crippen LogP contribution < -0.4 is 10.4 Å². The quantitative estimate of drug-likeness (QED) is 0.181. The third-order valence-corrected chi connectivity index (χ3v) is 10.9. The van der Waals surface area contributed by atoms with Crippen LogP contribution in [0.4, 0.5) is 0 Å². The fourth-order valence-corrected chi connectivity index (χ4v) is 8.77. The maximum Gasteiger partial charge on any atom is 0.0793 e. The largest absolute Gasteiger partial charge is 0.256 e. The summed E-state index contributed by atoms with van der Waals surface area (Å²) in [6.45, 7) is 6.67. The van der Waals surface area contributed by atoms with E-state index in [1.807, 2.05) is 6.20 Å². The van der Waals surface area contributed by atoms with Gasteiger partial charge in [0.15, 0.2) is 0 Å². The van der Waals surface area contributed by atoms with Crippen molar-refractivity contribution < 1.29 is 0 Å². The summed E-state index contributed by atoms with van der Waals surface area (Å²) in [6, 6.07) is 59.4. The number of hydrogen-bond donors (Lipinski definition) is 0. The standard InChI is InChI=1S/C52H35N/c1-3-17-42-45-33(2)18-15-27-43(45)50-47(36-23-10-5-11-24-36)44-32-37(29-30-40(44)46(49(42)50)35-21-8-4-9-22-35)48-39-26-12-6-7-19-34-20-13-14-25-38(34)51(48)52-41(39)28-16-31-53-52/h3-32H,2H2,1H3/b7-6?,12-6?,17-3-,19-7?,26-12?,34-19?,39-26?,51-38?. The van der Waals surface area contributed by atoms with E-state index in [-0.39, 0.29) is 0 Å². The summed E-state index contributed by atoms with van der Waals surface area (Å²) >= 11 is 0. The molecule has 0 unspecified atom stereocenters. The maximum atomic E-state index is 5.05. The highest BCUT2D eigenvalue weighted by molar-refractivity contribution is 6.20. The van der Waals surface area contributed by atoms with Gasteiger partial charge in [0, 0.05) is 17.3 Å². The van der Waals surface area contributed by atoms with Crippen molar-refractivity contribution in [3.63, 3.8) is 0 Å². The predicted molar refractivity (Wildman–Crippen MR) is 225 cm³/mol. The highest BCUT2D eigenvalue weighted by atomic mass is 14.7. The van der Waals surface area contributed by atoms with Crippen LogP contribution >= 0.6 is 0 Å². The molecule has 1 heterocycles. The Morgan fingerprint density at radius 3 is 1.85 bits per heavy atom. The lowest BCUT2D eigenvalue weighted by Gasteiger charge is -2.22. The van der Waals surface area contributed by atoms with Crippen LogP contribution in [0.5, 0.6) is 0 Å². The Morgan fingerprint density at radius 2 is 1.09 bits per heavy atom. The zero-order chi connectivity index (χ0) is 35.5. The van der Waals surface area contributed by atoms with Gasteiger partial charge in [-0.15, -0.1) is 0 Å². The first kappa shape index (κ1) is 30.9. The lowest BCUT2D eigenvalue weighted by atomic mass is 9.81. The molecule has 1 aromatic heterocycles. The molecule has 2 bridgehead atoms. The Bertz CT molecular complexity index is 3010. The van der Waals surface area contributed by atoms with Crippen LogP contribution in [0.2, 0.25) is 0 Å². The molecule has 8 aromatic rings. The summed E-state index contributed by atoms with van der Waals surface area (Å²) in [6.07, 6.45) is 6.36. The Hall–Kier alpha value is -6.83. The second-order valence-electron chi connectivity index (χ2n) is 13.8. The SMILES string of the molecule is C=c1cccc2c1=C(/C=C\C)c1c-2c(-c2ccccc2)c2cc(-c3c4cccccc5ccccc5c3-c3ncccc3-4)ccc2c1-c1ccccc1. The Morgan fingerprint density at radius 1 is 0.453 bits per heavy atom. The van der Waals surface area contributed by atoms with Gasteiger partial charge in [0.25, 0.3) is 0 Å². The van der Waals surface area contributed by atoms with Gasteiger partial charge in [0.1, 0.15) is 0 Å². The summed E-state index contributed by atoms with van der Waals surface area (Å²) in [5, 5.41) is 7.05. The van der Waals surface area contributed by atoms with E-state index in [1.54, 1.807) is 0 Å². The first-order valence-corrected chi connectivity index (χ1v) is 18.3. The normalized spacial score (nSPS) is 12.2. The highest BCUT2D eigenvalue weighted by Crippen LogP contribution is 2.54. The summed E-state index contributed by atoms with van der Waals surface area (Å²) in [5.41, 5.74) is 16.8. The summed E-state index contributed by atoms with van der Waals surface area (Å²) in [5.74, 6) is 0. The van der Waals surface area contributed by atoms with Crippen LogP contribution in [0.15, 0.2) is 182 Å². The predicted octanol–water partition coefficient (Wildman–Crippen LogP) is 12.3. The summed E-state index contributed by atoms with van der Waals surface area (Å²) in [4.78, 5) is 5.05. The molecule has 248 valence electrons. The van der Waals surface area contributed by atoms with Gasteiger partial charge in [-0.2, -0.15) is 0 Å². The highest BCUT2D eigenvalue weighted by Gasteiger charge is 2.31. The molecule has 2 aliphatic carbocycles. The topological polar surface area (TPSA) is 12.9 Å². The number of allylic oxidation sites excluding steroid dienone is 2. The molecule has 0 atom stereocenters. The zero-order valence-electron chi connectivity index (χ0n) is 29.5. The van der Waals surface area contributed by atoms with Crippen molar-refractivity contribution >= 4 is 33.7 Å². The van der Waals surface area contributed by atoms with Gasteiger partial charge in [-0.1, -0.05) is 170 Å². The molecule has 2 aliphatic rings. The number of benzene rings is 6. The Labute approximate surface area is 309 Å². The van der Waals surface area contributed by atoms with E-state index in [2.05, 4.69) is 189 Å². The van der Waals surface area contributed by atoms with E-state index in [1.165, 1.54) is 93.5 Å². The third-order valence-electron chi connectivity index (χ3n) is 10.9. The first-order valence-electron chi connectivity index (χ1n) is 18.3. The lowest BCUT2D eigenvalue weighted by molar-refractivity contribution is 1.35. The minimum Gasteiger partial charge on any atom is -0.256 e.